The minimum Gasteiger partial charge on any atom is -0.480 e. The Labute approximate surface area is 116 Å². The Balaban J connectivity index is 2.44. The summed E-state index contributed by atoms with van der Waals surface area (Å²) in [6, 6.07) is -1.38. The number of aryl methyl sites for hydroxylation is 1. The van der Waals surface area contributed by atoms with E-state index >= 15 is 0 Å². The van der Waals surface area contributed by atoms with Crippen LogP contribution in [0.4, 0.5) is 4.79 Å². The second-order valence-corrected chi connectivity index (χ2v) is 5.66. The number of hydrogen-bond donors (Lipinski definition) is 3. The smallest absolute Gasteiger partial charge is 0.326 e. The molecule has 0 spiro atoms. The second-order valence-electron chi connectivity index (χ2n) is 4.46. The van der Waals surface area contributed by atoms with Crippen LogP contribution in [0.1, 0.15) is 30.7 Å². The zero-order valence-corrected chi connectivity index (χ0v) is 12.1. The minimum absolute atomic E-state index is 0.171. The van der Waals surface area contributed by atoms with Crippen molar-refractivity contribution in [2.75, 3.05) is 0 Å². The zero-order chi connectivity index (χ0) is 14.4. The number of nitrogens with one attached hydrogen (secondary N) is 2. The molecule has 0 aromatic carbocycles. The van der Waals surface area contributed by atoms with Gasteiger partial charge in [-0.15, -0.1) is 11.3 Å². The van der Waals surface area contributed by atoms with Gasteiger partial charge < -0.3 is 15.7 Å². The van der Waals surface area contributed by atoms with Gasteiger partial charge in [-0.25, -0.2) is 14.6 Å². The van der Waals surface area contributed by atoms with Crippen LogP contribution in [0.2, 0.25) is 0 Å². The molecule has 7 heteroatoms. The van der Waals surface area contributed by atoms with Gasteiger partial charge >= 0.3 is 12.0 Å². The summed E-state index contributed by atoms with van der Waals surface area (Å²) in [5.41, 5.74) is 0. The number of thiazole rings is 1. The van der Waals surface area contributed by atoms with E-state index in [0.717, 1.165) is 16.3 Å². The van der Waals surface area contributed by atoms with Gasteiger partial charge in [0, 0.05) is 11.1 Å². The highest BCUT2D eigenvalue weighted by Crippen LogP contribution is 2.12. The Bertz CT molecular complexity index is 445. The number of carboxylic acid groups (broad SMARTS) is 1. The zero-order valence-electron chi connectivity index (χ0n) is 11.3. The van der Waals surface area contributed by atoms with E-state index in [1.807, 2.05) is 6.92 Å². The third-order valence-electron chi connectivity index (χ3n) is 2.57. The van der Waals surface area contributed by atoms with Crippen molar-refractivity contribution >= 4 is 23.3 Å². The molecule has 19 heavy (non-hydrogen) atoms. The first-order valence-electron chi connectivity index (χ1n) is 6.14. The Morgan fingerprint density at radius 1 is 1.47 bits per heavy atom. The third-order valence-corrected chi connectivity index (χ3v) is 3.71. The number of rotatable bonds is 6. The van der Waals surface area contributed by atoms with E-state index in [2.05, 4.69) is 15.6 Å². The number of urea groups is 1. The van der Waals surface area contributed by atoms with Crippen molar-refractivity contribution in [1.82, 2.24) is 15.6 Å². The molecule has 1 rings (SSSR count). The maximum absolute atomic E-state index is 11.6. The van der Waals surface area contributed by atoms with Crippen molar-refractivity contribution in [3.8, 4) is 0 Å². The molecular formula is C12H19N3O3S. The highest BCUT2D eigenvalue weighted by molar-refractivity contribution is 7.11. The quantitative estimate of drug-likeness (QED) is 0.740. The van der Waals surface area contributed by atoms with Gasteiger partial charge in [0.15, 0.2) is 0 Å². The van der Waals surface area contributed by atoms with Crippen LogP contribution in [0.25, 0.3) is 0 Å². The molecule has 6 nitrogen and oxygen atoms in total. The molecule has 1 heterocycles. The van der Waals surface area contributed by atoms with Crippen LogP contribution < -0.4 is 10.6 Å². The summed E-state index contributed by atoms with van der Waals surface area (Å²) in [6.07, 6.45) is 2.70. The molecule has 1 unspecified atom stereocenters. The van der Waals surface area contributed by atoms with Crippen molar-refractivity contribution in [3.63, 3.8) is 0 Å². The number of carbonyl (C=O) groups excluding carboxylic acids is 1. The van der Waals surface area contributed by atoms with Gasteiger partial charge in [-0.3, -0.25) is 0 Å². The van der Waals surface area contributed by atoms with Gasteiger partial charge in [0.25, 0.3) is 0 Å². The Kier molecular flexibility index (Phi) is 5.75. The van der Waals surface area contributed by atoms with Crippen molar-refractivity contribution in [2.24, 2.45) is 5.92 Å². The van der Waals surface area contributed by atoms with Gasteiger partial charge in [-0.2, -0.15) is 0 Å². The molecule has 0 saturated heterocycles. The van der Waals surface area contributed by atoms with Crippen LogP contribution in [0.15, 0.2) is 6.20 Å². The Morgan fingerprint density at radius 2 is 2.16 bits per heavy atom. The van der Waals surface area contributed by atoms with Crippen LogP contribution in [0.5, 0.6) is 0 Å². The SMILES string of the molecule is CCc1cnc(CNC(=O)NC(C(=O)O)C(C)C)s1. The van der Waals surface area contributed by atoms with Crippen molar-refractivity contribution in [1.29, 1.82) is 0 Å². The number of amides is 2. The Hall–Kier alpha value is -1.63. The topological polar surface area (TPSA) is 91.3 Å². The van der Waals surface area contributed by atoms with Crippen LogP contribution in [0.3, 0.4) is 0 Å². The van der Waals surface area contributed by atoms with E-state index in [0.29, 0.717) is 6.54 Å². The average Bonchev–Trinajstić information content (AvgIpc) is 2.80. The molecule has 0 aliphatic heterocycles. The molecule has 3 N–H and O–H groups in total. The summed E-state index contributed by atoms with van der Waals surface area (Å²) in [6.45, 7) is 5.83. The molecule has 106 valence electrons. The maximum Gasteiger partial charge on any atom is 0.326 e. The van der Waals surface area contributed by atoms with Crippen molar-refractivity contribution in [2.45, 2.75) is 39.8 Å². The van der Waals surface area contributed by atoms with Crippen LogP contribution in [-0.2, 0) is 17.8 Å². The standard InChI is InChI=1S/C12H19N3O3S/c1-4-8-5-13-9(19-8)6-14-12(18)15-10(7(2)3)11(16)17/h5,7,10H,4,6H2,1-3H3,(H,16,17)(H2,14,15,18). The van der Waals surface area contributed by atoms with Gasteiger partial charge in [-0.05, 0) is 12.3 Å². The lowest BCUT2D eigenvalue weighted by Gasteiger charge is -2.17. The van der Waals surface area contributed by atoms with E-state index in [9.17, 15) is 9.59 Å². The molecular weight excluding hydrogens is 266 g/mol. The number of aromatic nitrogens is 1. The molecule has 0 bridgehead atoms. The van der Waals surface area contributed by atoms with Gasteiger partial charge in [0.2, 0.25) is 0 Å². The van der Waals surface area contributed by atoms with Gasteiger partial charge in [0.1, 0.15) is 11.0 Å². The minimum atomic E-state index is -1.03. The molecule has 0 aliphatic carbocycles. The first-order chi connectivity index (χ1) is 8.93. The molecule has 1 aromatic rings. The van der Waals surface area contributed by atoms with Crippen LogP contribution in [-0.4, -0.2) is 28.1 Å². The molecule has 1 atom stereocenters. The largest absolute Gasteiger partial charge is 0.480 e. The molecule has 0 radical (unpaired) electrons. The van der Waals surface area contributed by atoms with E-state index < -0.39 is 18.0 Å². The highest BCUT2D eigenvalue weighted by Gasteiger charge is 2.23. The fraction of sp³-hybridized carbons (Fsp3) is 0.583. The van der Waals surface area contributed by atoms with Gasteiger partial charge in [0.05, 0.1) is 6.54 Å². The summed E-state index contributed by atoms with van der Waals surface area (Å²) in [5.74, 6) is -1.21. The van der Waals surface area contributed by atoms with Crippen LogP contribution in [0, 0.1) is 5.92 Å². The summed E-state index contributed by atoms with van der Waals surface area (Å²) < 4.78 is 0. The molecule has 2 amide bonds. The van der Waals surface area contributed by atoms with E-state index in [1.165, 1.54) is 11.3 Å². The number of carboxylic acids is 1. The fourth-order valence-electron chi connectivity index (χ4n) is 1.45. The summed E-state index contributed by atoms with van der Waals surface area (Å²) >= 11 is 1.54. The lowest BCUT2D eigenvalue weighted by Crippen LogP contribution is -2.48. The third kappa shape index (κ3) is 4.86. The van der Waals surface area contributed by atoms with Crippen LogP contribution >= 0.6 is 11.3 Å². The fourth-order valence-corrected chi connectivity index (χ4v) is 2.26. The molecule has 0 fully saturated rings. The number of aliphatic carboxylic acids is 1. The van der Waals surface area contributed by atoms with Crippen molar-refractivity contribution < 1.29 is 14.7 Å². The highest BCUT2D eigenvalue weighted by atomic mass is 32.1. The first-order valence-corrected chi connectivity index (χ1v) is 6.96. The van der Waals surface area contributed by atoms with E-state index in [-0.39, 0.29) is 5.92 Å². The second kappa shape index (κ2) is 7.08. The normalized spacial score (nSPS) is 12.2. The van der Waals surface area contributed by atoms with Gasteiger partial charge in [-0.1, -0.05) is 20.8 Å². The first kappa shape index (κ1) is 15.4. The molecule has 1 aromatic heterocycles. The van der Waals surface area contributed by atoms with E-state index in [1.54, 1.807) is 20.0 Å². The average molecular weight is 285 g/mol. The number of nitrogens with zero attached hydrogens (tertiary/aromatic N) is 1. The number of carbonyl (C=O) groups is 2. The summed E-state index contributed by atoms with van der Waals surface area (Å²) in [4.78, 5) is 27.9. The maximum atomic E-state index is 11.6. The number of hydrogen-bond acceptors (Lipinski definition) is 4. The van der Waals surface area contributed by atoms with E-state index in [4.69, 9.17) is 5.11 Å². The molecule has 0 saturated carbocycles. The monoisotopic (exact) mass is 285 g/mol. The predicted octanol–water partition coefficient (Wildman–Crippen LogP) is 1.61. The van der Waals surface area contributed by atoms with Crippen molar-refractivity contribution in [3.05, 3.63) is 16.1 Å². The predicted molar refractivity (Wildman–Crippen MR) is 73.1 cm³/mol. The summed E-state index contributed by atoms with van der Waals surface area (Å²) in [5, 5.41) is 14.8. The Morgan fingerprint density at radius 3 is 2.63 bits per heavy atom. The lowest BCUT2D eigenvalue weighted by molar-refractivity contribution is -0.140. The summed E-state index contributed by atoms with van der Waals surface area (Å²) in [7, 11) is 0. The lowest BCUT2D eigenvalue weighted by atomic mass is 10.1. The molecule has 0 aliphatic rings.